The Labute approximate surface area is 102 Å². The second kappa shape index (κ2) is 5.94. The summed E-state index contributed by atoms with van der Waals surface area (Å²) < 4.78 is 0. The minimum absolute atomic E-state index is 0.162. The first kappa shape index (κ1) is 13.1. The molecule has 0 fully saturated rings. The van der Waals surface area contributed by atoms with Crippen molar-refractivity contribution in [1.29, 1.82) is 5.41 Å². The summed E-state index contributed by atoms with van der Waals surface area (Å²) in [6, 6.07) is 5.96. The number of hydrogen-bond acceptors (Lipinski definition) is 2. The summed E-state index contributed by atoms with van der Waals surface area (Å²) in [5.74, 6) is 1.95. The van der Waals surface area contributed by atoms with E-state index in [-0.39, 0.29) is 5.84 Å². The molecule has 0 aromatic heterocycles. The molecule has 1 rings (SSSR count). The van der Waals surface area contributed by atoms with E-state index in [0.29, 0.717) is 5.92 Å². The zero-order chi connectivity index (χ0) is 12.1. The molecule has 0 aliphatic heterocycles. The number of amidine groups is 1. The van der Waals surface area contributed by atoms with Crippen molar-refractivity contribution >= 4 is 17.6 Å². The fraction of sp³-hybridized carbons (Fsp3) is 0.462. The lowest BCUT2D eigenvalue weighted by Crippen LogP contribution is -2.13. The summed E-state index contributed by atoms with van der Waals surface area (Å²) >= 11 is 1.81. The van der Waals surface area contributed by atoms with Crippen LogP contribution < -0.4 is 5.73 Å². The van der Waals surface area contributed by atoms with Crippen LogP contribution in [-0.4, -0.2) is 11.6 Å². The average Bonchev–Trinajstić information content (AvgIpc) is 2.26. The highest BCUT2D eigenvalue weighted by molar-refractivity contribution is 7.99. The molecule has 3 heteroatoms. The van der Waals surface area contributed by atoms with Crippen LogP contribution in [0.25, 0.3) is 0 Å². The van der Waals surface area contributed by atoms with Crippen molar-refractivity contribution in [3.63, 3.8) is 0 Å². The Morgan fingerprint density at radius 1 is 1.50 bits per heavy atom. The Kier molecular flexibility index (Phi) is 4.87. The van der Waals surface area contributed by atoms with Gasteiger partial charge in [0.05, 0.1) is 0 Å². The van der Waals surface area contributed by atoms with E-state index in [1.165, 1.54) is 12.0 Å². The maximum atomic E-state index is 7.57. The van der Waals surface area contributed by atoms with Crippen molar-refractivity contribution in [3.8, 4) is 0 Å². The average molecular weight is 236 g/mol. The minimum Gasteiger partial charge on any atom is -0.384 e. The summed E-state index contributed by atoms with van der Waals surface area (Å²) in [7, 11) is 0. The van der Waals surface area contributed by atoms with Crippen molar-refractivity contribution in [2.24, 2.45) is 11.7 Å². The van der Waals surface area contributed by atoms with Crippen molar-refractivity contribution in [2.75, 3.05) is 5.75 Å². The number of nitrogens with two attached hydrogens (primary N) is 1. The monoisotopic (exact) mass is 236 g/mol. The van der Waals surface area contributed by atoms with Gasteiger partial charge in [0.15, 0.2) is 0 Å². The molecule has 0 heterocycles. The second-order valence-corrected chi connectivity index (χ2v) is 5.22. The molecule has 0 saturated heterocycles. The standard InChI is InChI=1S/C13H20N2S/c1-4-9(2)8-16-12-10(3)6-5-7-11(12)13(14)15/h5-7,9H,4,8H2,1-3H3,(H3,14,15). The molecule has 16 heavy (non-hydrogen) atoms. The first-order valence-electron chi connectivity index (χ1n) is 5.63. The summed E-state index contributed by atoms with van der Waals surface area (Å²) in [6.45, 7) is 6.53. The largest absolute Gasteiger partial charge is 0.384 e. The lowest BCUT2D eigenvalue weighted by atomic mass is 10.1. The number of benzene rings is 1. The maximum absolute atomic E-state index is 7.57. The normalized spacial score (nSPS) is 12.4. The summed E-state index contributed by atoms with van der Waals surface area (Å²) in [6.07, 6.45) is 1.19. The molecule has 1 aromatic rings. The first-order valence-corrected chi connectivity index (χ1v) is 6.61. The molecular weight excluding hydrogens is 216 g/mol. The van der Waals surface area contributed by atoms with E-state index < -0.39 is 0 Å². The van der Waals surface area contributed by atoms with Gasteiger partial charge in [-0.1, -0.05) is 38.5 Å². The van der Waals surface area contributed by atoms with E-state index >= 15 is 0 Å². The second-order valence-electron chi connectivity index (χ2n) is 4.19. The van der Waals surface area contributed by atoms with Gasteiger partial charge < -0.3 is 5.73 Å². The van der Waals surface area contributed by atoms with Crippen molar-refractivity contribution in [3.05, 3.63) is 29.3 Å². The van der Waals surface area contributed by atoms with Crippen molar-refractivity contribution in [2.45, 2.75) is 32.1 Å². The molecule has 3 N–H and O–H groups in total. The number of rotatable bonds is 5. The zero-order valence-corrected chi connectivity index (χ0v) is 11.0. The Balaban J connectivity index is 2.88. The van der Waals surface area contributed by atoms with Gasteiger partial charge in [0, 0.05) is 16.2 Å². The molecular formula is C13H20N2S. The summed E-state index contributed by atoms with van der Waals surface area (Å²) in [5.41, 5.74) is 7.67. The minimum atomic E-state index is 0.162. The summed E-state index contributed by atoms with van der Waals surface area (Å²) in [4.78, 5) is 1.16. The third-order valence-electron chi connectivity index (χ3n) is 2.71. The Morgan fingerprint density at radius 2 is 2.19 bits per heavy atom. The fourth-order valence-corrected chi connectivity index (χ4v) is 2.72. The van der Waals surface area contributed by atoms with Gasteiger partial charge in [0.1, 0.15) is 5.84 Å². The lowest BCUT2D eigenvalue weighted by molar-refractivity contribution is 0.637. The molecule has 1 atom stereocenters. The number of nitrogen functional groups attached to an aromatic ring is 1. The SMILES string of the molecule is CCC(C)CSc1c(C)cccc1C(=N)N. The number of thioether (sulfide) groups is 1. The lowest BCUT2D eigenvalue weighted by Gasteiger charge is -2.13. The van der Waals surface area contributed by atoms with Crippen LogP contribution in [0.5, 0.6) is 0 Å². The molecule has 0 aliphatic rings. The topological polar surface area (TPSA) is 49.9 Å². The van der Waals surface area contributed by atoms with E-state index in [0.717, 1.165) is 16.2 Å². The van der Waals surface area contributed by atoms with Crippen LogP contribution in [0.1, 0.15) is 31.4 Å². The van der Waals surface area contributed by atoms with E-state index in [9.17, 15) is 0 Å². The van der Waals surface area contributed by atoms with E-state index in [1.54, 1.807) is 0 Å². The van der Waals surface area contributed by atoms with Gasteiger partial charge in [-0.15, -0.1) is 11.8 Å². The van der Waals surface area contributed by atoms with Crippen LogP contribution in [0.2, 0.25) is 0 Å². The number of hydrogen-bond donors (Lipinski definition) is 2. The van der Waals surface area contributed by atoms with Crippen LogP contribution in [0.3, 0.4) is 0 Å². The number of nitrogens with one attached hydrogen (secondary N) is 1. The van der Waals surface area contributed by atoms with Crippen LogP contribution in [0.4, 0.5) is 0 Å². The Bertz CT molecular complexity index is 374. The van der Waals surface area contributed by atoms with Crippen LogP contribution in [-0.2, 0) is 0 Å². The van der Waals surface area contributed by atoms with Gasteiger partial charge >= 0.3 is 0 Å². The van der Waals surface area contributed by atoms with Gasteiger partial charge in [0.2, 0.25) is 0 Å². The van der Waals surface area contributed by atoms with Gasteiger partial charge in [-0.25, -0.2) is 0 Å². The smallest absolute Gasteiger partial charge is 0.123 e. The Hall–Kier alpha value is -0.960. The van der Waals surface area contributed by atoms with E-state index in [2.05, 4.69) is 26.8 Å². The van der Waals surface area contributed by atoms with Crippen LogP contribution in [0.15, 0.2) is 23.1 Å². The highest BCUT2D eigenvalue weighted by atomic mass is 32.2. The molecule has 0 spiro atoms. The van der Waals surface area contributed by atoms with Crippen molar-refractivity contribution in [1.82, 2.24) is 0 Å². The molecule has 1 unspecified atom stereocenters. The molecule has 0 saturated carbocycles. The third-order valence-corrected chi connectivity index (χ3v) is 4.28. The molecule has 0 amide bonds. The predicted octanol–water partition coefficient (Wildman–Crippen LogP) is 3.42. The highest BCUT2D eigenvalue weighted by Gasteiger charge is 2.09. The highest BCUT2D eigenvalue weighted by Crippen LogP contribution is 2.28. The predicted molar refractivity (Wildman–Crippen MR) is 72.4 cm³/mol. The van der Waals surface area contributed by atoms with E-state index in [1.807, 2.05) is 23.9 Å². The molecule has 1 aromatic carbocycles. The van der Waals surface area contributed by atoms with Gasteiger partial charge in [-0.3, -0.25) is 5.41 Å². The quantitative estimate of drug-likeness (QED) is 0.467. The zero-order valence-electron chi connectivity index (χ0n) is 10.2. The number of aryl methyl sites for hydroxylation is 1. The molecule has 88 valence electrons. The van der Waals surface area contributed by atoms with Gasteiger partial charge in [-0.05, 0) is 18.4 Å². The first-order chi connectivity index (χ1) is 7.56. The fourth-order valence-electron chi connectivity index (χ4n) is 1.40. The van der Waals surface area contributed by atoms with Crippen LogP contribution in [0, 0.1) is 18.3 Å². The molecule has 0 bridgehead atoms. The Morgan fingerprint density at radius 3 is 2.75 bits per heavy atom. The van der Waals surface area contributed by atoms with Crippen LogP contribution >= 0.6 is 11.8 Å². The molecule has 2 nitrogen and oxygen atoms in total. The third kappa shape index (κ3) is 3.27. The van der Waals surface area contributed by atoms with Gasteiger partial charge in [-0.2, -0.15) is 0 Å². The summed E-state index contributed by atoms with van der Waals surface area (Å²) in [5, 5.41) is 7.57. The van der Waals surface area contributed by atoms with Gasteiger partial charge in [0.25, 0.3) is 0 Å². The maximum Gasteiger partial charge on any atom is 0.123 e. The molecule has 0 radical (unpaired) electrons. The molecule has 0 aliphatic carbocycles. The van der Waals surface area contributed by atoms with E-state index in [4.69, 9.17) is 11.1 Å². The van der Waals surface area contributed by atoms with Crippen molar-refractivity contribution < 1.29 is 0 Å².